The quantitative estimate of drug-likeness (QED) is 0.829. The largest absolute Gasteiger partial charge is 0.378 e. The van der Waals surface area contributed by atoms with Crippen LogP contribution in [0.4, 0.5) is 5.13 Å². The van der Waals surface area contributed by atoms with Crippen LogP contribution in [0.2, 0.25) is 0 Å². The SMILES string of the molecule is O=c1cc(-c2cccnc2)sc(N2CCOCC2)n1. The molecular weight excluding hydrogens is 262 g/mol. The Morgan fingerprint density at radius 1 is 1.32 bits per heavy atom. The molecular formula is C13H13N3O2S. The minimum absolute atomic E-state index is 0.209. The predicted molar refractivity (Wildman–Crippen MR) is 74.6 cm³/mol. The van der Waals surface area contributed by atoms with Crippen molar-refractivity contribution in [1.29, 1.82) is 0 Å². The van der Waals surface area contributed by atoms with Crippen LogP contribution in [0.1, 0.15) is 0 Å². The molecule has 0 atom stereocenters. The van der Waals surface area contributed by atoms with E-state index in [1.807, 2.05) is 12.1 Å². The molecule has 0 amide bonds. The van der Waals surface area contributed by atoms with Gasteiger partial charge in [0, 0.05) is 42.0 Å². The second-order valence-electron chi connectivity index (χ2n) is 4.18. The number of pyridine rings is 1. The molecule has 0 aliphatic carbocycles. The maximum Gasteiger partial charge on any atom is 0.273 e. The van der Waals surface area contributed by atoms with Gasteiger partial charge in [-0.2, -0.15) is 4.98 Å². The Hall–Kier alpha value is -1.79. The molecule has 6 heteroatoms. The number of aromatic nitrogens is 2. The van der Waals surface area contributed by atoms with Crippen LogP contribution in [-0.4, -0.2) is 36.3 Å². The van der Waals surface area contributed by atoms with Crippen LogP contribution in [-0.2, 0) is 4.74 Å². The normalized spacial score (nSPS) is 15.5. The minimum Gasteiger partial charge on any atom is -0.378 e. The Bertz CT molecular complexity index is 609. The van der Waals surface area contributed by atoms with Gasteiger partial charge in [-0.1, -0.05) is 17.4 Å². The standard InChI is InChI=1S/C13H13N3O2S/c17-12-8-11(10-2-1-3-14-9-10)19-13(15-12)16-4-6-18-7-5-16/h1-3,8-9H,4-7H2. The third-order valence-corrected chi connectivity index (χ3v) is 3.99. The smallest absolute Gasteiger partial charge is 0.273 e. The van der Waals surface area contributed by atoms with Crippen LogP contribution in [0.3, 0.4) is 0 Å². The van der Waals surface area contributed by atoms with Gasteiger partial charge in [0.2, 0.25) is 0 Å². The first-order valence-corrected chi connectivity index (χ1v) is 6.90. The molecule has 1 saturated heterocycles. The van der Waals surface area contributed by atoms with Gasteiger partial charge in [-0.25, -0.2) is 0 Å². The Labute approximate surface area is 114 Å². The van der Waals surface area contributed by atoms with E-state index in [9.17, 15) is 4.79 Å². The van der Waals surface area contributed by atoms with E-state index in [0.717, 1.165) is 28.7 Å². The van der Waals surface area contributed by atoms with Gasteiger partial charge < -0.3 is 9.64 Å². The first-order valence-electron chi connectivity index (χ1n) is 6.08. The molecule has 2 aromatic rings. The summed E-state index contributed by atoms with van der Waals surface area (Å²) in [6, 6.07) is 5.37. The molecule has 0 radical (unpaired) electrons. The lowest BCUT2D eigenvalue weighted by Crippen LogP contribution is -2.37. The zero-order valence-electron chi connectivity index (χ0n) is 10.3. The molecule has 1 aliphatic rings. The highest BCUT2D eigenvalue weighted by atomic mass is 32.1. The Kier molecular flexibility index (Phi) is 3.52. The molecule has 98 valence electrons. The van der Waals surface area contributed by atoms with Crippen LogP contribution >= 0.6 is 11.3 Å². The number of hydrogen-bond donors (Lipinski definition) is 0. The third kappa shape index (κ3) is 2.80. The molecule has 3 rings (SSSR count). The van der Waals surface area contributed by atoms with E-state index in [4.69, 9.17) is 4.74 Å². The Balaban J connectivity index is 1.98. The maximum absolute atomic E-state index is 11.7. The summed E-state index contributed by atoms with van der Waals surface area (Å²) < 4.78 is 5.31. The number of rotatable bonds is 2. The number of morpholine rings is 1. The van der Waals surface area contributed by atoms with E-state index >= 15 is 0 Å². The van der Waals surface area contributed by atoms with Crippen molar-refractivity contribution in [1.82, 2.24) is 9.97 Å². The van der Waals surface area contributed by atoms with Gasteiger partial charge in [-0.05, 0) is 6.07 Å². The van der Waals surface area contributed by atoms with Crippen LogP contribution in [0.5, 0.6) is 0 Å². The summed E-state index contributed by atoms with van der Waals surface area (Å²) in [4.78, 5) is 22.9. The zero-order valence-corrected chi connectivity index (χ0v) is 11.1. The minimum atomic E-state index is -0.209. The van der Waals surface area contributed by atoms with Crippen LogP contribution in [0.25, 0.3) is 10.4 Å². The molecule has 19 heavy (non-hydrogen) atoms. The molecule has 2 aromatic heterocycles. The fourth-order valence-corrected chi connectivity index (χ4v) is 2.97. The molecule has 0 bridgehead atoms. The van der Waals surface area contributed by atoms with E-state index in [0.29, 0.717) is 13.2 Å². The van der Waals surface area contributed by atoms with Crippen LogP contribution in [0.15, 0.2) is 35.4 Å². The Morgan fingerprint density at radius 2 is 2.16 bits per heavy atom. The molecule has 0 aromatic carbocycles. The first kappa shape index (κ1) is 12.3. The second kappa shape index (κ2) is 5.46. The van der Waals surface area contributed by atoms with Crippen LogP contribution < -0.4 is 10.5 Å². The average molecular weight is 275 g/mol. The lowest BCUT2D eigenvalue weighted by atomic mass is 10.2. The van der Waals surface area contributed by atoms with Crippen molar-refractivity contribution < 1.29 is 4.74 Å². The van der Waals surface area contributed by atoms with Crippen molar-refractivity contribution >= 4 is 16.5 Å². The fourth-order valence-electron chi connectivity index (χ4n) is 1.93. The van der Waals surface area contributed by atoms with Gasteiger partial charge in [0.1, 0.15) is 0 Å². The lowest BCUT2D eigenvalue weighted by molar-refractivity contribution is 0.122. The van der Waals surface area contributed by atoms with Crippen molar-refractivity contribution in [3.8, 4) is 10.4 Å². The van der Waals surface area contributed by atoms with E-state index in [1.165, 1.54) is 11.3 Å². The summed E-state index contributed by atoms with van der Waals surface area (Å²) in [6.07, 6.45) is 3.48. The summed E-state index contributed by atoms with van der Waals surface area (Å²) in [5.41, 5.74) is 0.737. The third-order valence-electron chi connectivity index (χ3n) is 2.89. The molecule has 0 unspecified atom stereocenters. The maximum atomic E-state index is 11.7. The van der Waals surface area contributed by atoms with Crippen molar-refractivity contribution in [3.63, 3.8) is 0 Å². The molecule has 0 N–H and O–H groups in total. The number of nitrogens with zero attached hydrogens (tertiary/aromatic N) is 3. The summed E-state index contributed by atoms with van der Waals surface area (Å²) in [6.45, 7) is 2.91. The molecule has 1 fully saturated rings. The number of ether oxygens (including phenoxy) is 1. The molecule has 0 saturated carbocycles. The van der Waals surface area contributed by atoms with Gasteiger partial charge in [0.15, 0.2) is 5.13 Å². The molecule has 3 heterocycles. The highest BCUT2D eigenvalue weighted by Crippen LogP contribution is 2.27. The number of hydrogen-bond acceptors (Lipinski definition) is 6. The summed E-state index contributed by atoms with van der Waals surface area (Å²) in [5.74, 6) is 0. The summed E-state index contributed by atoms with van der Waals surface area (Å²) >= 11 is 1.52. The summed E-state index contributed by atoms with van der Waals surface area (Å²) in [7, 11) is 0. The van der Waals surface area contributed by atoms with Crippen molar-refractivity contribution in [2.45, 2.75) is 0 Å². The molecule has 1 aliphatic heterocycles. The van der Waals surface area contributed by atoms with Crippen molar-refractivity contribution in [2.24, 2.45) is 0 Å². The topological polar surface area (TPSA) is 55.3 Å². The highest BCUT2D eigenvalue weighted by Gasteiger charge is 2.15. The van der Waals surface area contributed by atoms with Gasteiger partial charge in [-0.3, -0.25) is 9.78 Å². The fraction of sp³-hybridized carbons (Fsp3) is 0.308. The van der Waals surface area contributed by atoms with E-state index in [1.54, 1.807) is 18.5 Å². The van der Waals surface area contributed by atoms with E-state index in [2.05, 4.69) is 14.9 Å². The van der Waals surface area contributed by atoms with Crippen molar-refractivity contribution in [3.05, 3.63) is 40.9 Å². The predicted octanol–water partition coefficient (Wildman–Crippen LogP) is 1.40. The van der Waals surface area contributed by atoms with Gasteiger partial charge >= 0.3 is 0 Å². The molecule has 5 nitrogen and oxygen atoms in total. The van der Waals surface area contributed by atoms with Gasteiger partial charge in [0.25, 0.3) is 5.56 Å². The number of anilines is 1. The summed E-state index contributed by atoms with van der Waals surface area (Å²) in [5, 5.41) is 0.759. The lowest BCUT2D eigenvalue weighted by Gasteiger charge is -2.27. The zero-order chi connectivity index (χ0) is 13.1. The average Bonchev–Trinajstić information content (AvgIpc) is 2.48. The van der Waals surface area contributed by atoms with Gasteiger partial charge in [0.05, 0.1) is 13.2 Å². The first-order chi connectivity index (χ1) is 9.33. The Morgan fingerprint density at radius 3 is 2.89 bits per heavy atom. The van der Waals surface area contributed by atoms with Gasteiger partial charge in [-0.15, -0.1) is 0 Å². The van der Waals surface area contributed by atoms with E-state index < -0.39 is 0 Å². The molecule has 0 spiro atoms. The van der Waals surface area contributed by atoms with Crippen molar-refractivity contribution in [2.75, 3.05) is 31.2 Å². The monoisotopic (exact) mass is 275 g/mol. The second-order valence-corrected chi connectivity index (χ2v) is 5.19. The highest BCUT2D eigenvalue weighted by molar-refractivity contribution is 7.18. The van der Waals surface area contributed by atoms with Crippen LogP contribution in [0, 0.1) is 0 Å². The van der Waals surface area contributed by atoms with E-state index in [-0.39, 0.29) is 5.56 Å².